The van der Waals surface area contributed by atoms with E-state index in [1.54, 1.807) is 11.8 Å². The van der Waals surface area contributed by atoms with Crippen molar-refractivity contribution in [1.82, 2.24) is 0 Å². The highest BCUT2D eigenvalue weighted by Crippen LogP contribution is 2.07. The average Bonchev–Trinajstić information content (AvgIpc) is 2.00. The van der Waals surface area contributed by atoms with E-state index in [0.29, 0.717) is 11.8 Å². The van der Waals surface area contributed by atoms with Crippen LogP contribution in [0.2, 0.25) is 0 Å². The quantitative estimate of drug-likeness (QED) is 0.550. The van der Waals surface area contributed by atoms with Crippen LogP contribution in [0.5, 0.6) is 0 Å². The van der Waals surface area contributed by atoms with Crippen molar-refractivity contribution in [2.24, 2.45) is 22.6 Å². The van der Waals surface area contributed by atoms with Gasteiger partial charge >= 0.3 is 0 Å². The Morgan fingerprint density at radius 2 is 1.85 bits per heavy atom. The van der Waals surface area contributed by atoms with Crippen molar-refractivity contribution in [3.8, 4) is 0 Å². The Morgan fingerprint density at radius 3 is 2.31 bits per heavy atom. The molecule has 0 rings (SSSR count). The van der Waals surface area contributed by atoms with Gasteiger partial charge in [0.1, 0.15) is 0 Å². The zero-order chi connectivity index (χ0) is 10.3. The summed E-state index contributed by atoms with van der Waals surface area (Å²) < 4.78 is 0. The summed E-state index contributed by atoms with van der Waals surface area (Å²) in [4.78, 5) is 4.29. The van der Waals surface area contributed by atoms with Gasteiger partial charge in [0, 0.05) is 12.3 Å². The normalized spacial score (nSPS) is 12.9. The van der Waals surface area contributed by atoms with E-state index >= 15 is 0 Å². The summed E-state index contributed by atoms with van der Waals surface area (Å²) in [5, 5.41) is 0.745. The summed E-state index contributed by atoms with van der Waals surface area (Å²) in [6.45, 7) is 9.65. The molecule has 0 amide bonds. The van der Waals surface area contributed by atoms with Crippen LogP contribution >= 0.6 is 11.8 Å². The number of rotatable bonds is 5. The number of amidine groups is 1. The lowest BCUT2D eigenvalue weighted by Gasteiger charge is -2.04. The summed E-state index contributed by atoms with van der Waals surface area (Å²) >= 11 is 1.66. The van der Waals surface area contributed by atoms with Gasteiger partial charge in [-0.05, 0) is 18.3 Å². The van der Waals surface area contributed by atoms with Crippen LogP contribution in [0.4, 0.5) is 0 Å². The van der Waals surface area contributed by atoms with Gasteiger partial charge in [0.15, 0.2) is 5.17 Å². The first-order chi connectivity index (χ1) is 6.02. The van der Waals surface area contributed by atoms with Gasteiger partial charge in [-0.2, -0.15) is 0 Å². The number of nitrogens with two attached hydrogens (primary N) is 1. The van der Waals surface area contributed by atoms with E-state index in [4.69, 9.17) is 5.73 Å². The van der Waals surface area contributed by atoms with Crippen molar-refractivity contribution < 1.29 is 0 Å². The van der Waals surface area contributed by atoms with Crippen molar-refractivity contribution in [2.75, 3.05) is 12.3 Å². The predicted molar refractivity (Wildman–Crippen MR) is 63.2 cm³/mol. The van der Waals surface area contributed by atoms with Crippen LogP contribution in [-0.2, 0) is 0 Å². The molecule has 0 aliphatic heterocycles. The Bertz CT molecular complexity index is 153. The third-order valence-corrected chi connectivity index (χ3v) is 2.80. The first-order valence-electron chi connectivity index (χ1n) is 4.95. The fourth-order valence-corrected chi connectivity index (χ4v) is 1.42. The highest BCUT2D eigenvalue weighted by Gasteiger charge is 1.98. The summed E-state index contributed by atoms with van der Waals surface area (Å²) in [7, 11) is 0. The molecule has 2 N–H and O–H groups in total. The molecule has 3 heteroatoms. The standard InChI is InChI=1S/C10H22N2S/c1-8(2)5-6-12-10(11)13-7-9(3)4/h8-9H,5-7H2,1-4H3,(H2,11,12). The van der Waals surface area contributed by atoms with E-state index in [1.807, 2.05) is 0 Å². The summed E-state index contributed by atoms with van der Waals surface area (Å²) in [6.07, 6.45) is 1.13. The van der Waals surface area contributed by atoms with Crippen LogP contribution in [-0.4, -0.2) is 17.5 Å². The fourth-order valence-electron chi connectivity index (χ4n) is 0.731. The third kappa shape index (κ3) is 9.74. The molecule has 0 aromatic carbocycles. The van der Waals surface area contributed by atoms with E-state index in [9.17, 15) is 0 Å². The maximum absolute atomic E-state index is 5.72. The van der Waals surface area contributed by atoms with Crippen LogP contribution in [0.3, 0.4) is 0 Å². The molecule has 0 bridgehead atoms. The molecule has 0 aromatic heterocycles. The van der Waals surface area contributed by atoms with E-state index in [-0.39, 0.29) is 0 Å². The number of hydrogen-bond acceptors (Lipinski definition) is 2. The molecule has 78 valence electrons. The van der Waals surface area contributed by atoms with Gasteiger partial charge < -0.3 is 5.73 Å². The molecule has 0 radical (unpaired) electrons. The number of nitrogens with zero attached hydrogens (tertiary/aromatic N) is 1. The molecule has 0 fully saturated rings. The lowest BCUT2D eigenvalue weighted by molar-refractivity contribution is 0.597. The lowest BCUT2D eigenvalue weighted by Crippen LogP contribution is -2.10. The first kappa shape index (κ1) is 12.8. The van der Waals surface area contributed by atoms with Crippen molar-refractivity contribution in [2.45, 2.75) is 34.1 Å². The average molecular weight is 202 g/mol. The molecule has 0 aromatic rings. The highest BCUT2D eigenvalue weighted by atomic mass is 32.2. The Kier molecular flexibility index (Phi) is 7.14. The number of thioether (sulfide) groups is 1. The molecule has 0 unspecified atom stereocenters. The summed E-state index contributed by atoms with van der Waals surface area (Å²) in [6, 6.07) is 0. The van der Waals surface area contributed by atoms with Gasteiger partial charge in [-0.15, -0.1) is 0 Å². The first-order valence-corrected chi connectivity index (χ1v) is 5.93. The SMILES string of the molecule is CC(C)CCN=C(N)SCC(C)C. The van der Waals surface area contributed by atoms with Crippen LogP contribution in [0.25, 0.3) is 0 Å². The largest absolute Gasteiger partial charge is 0.379 e. The molecule has 0 aliphatic rings. The summed E-state index contributed by atoms with van der Waals surface area (Å²) in [5.74, 6) is 2.47. The molecule has 0 spiro atoms. The second kappa shape index (κ2) is 7.25. The van der Waals surface area contributed by atoms with E-state index in [1.165, 1.54) is 0 Å². The monoisotopic (exact) mass is 202 g/mol. The molecule has 0 saturated carbocycles. The minimum absolute atomic E-state index is 0.684. The fraction of sp³-hybridized carbons (Fsp3) is 0.900. The van der Waals surface area contributed by atoms with Gasteiger partial charge in [0.25, 0.3) is 0 Å². The second-order valence-electron chi connectivity index (χ2n) is 4.11. The molecule has 13 heavy (non-hydrogen) atoms. The Balaban J connectivity index is 3.51. The highest BCUT2D eigenvalue weighted by molar-refractivity contribution is 8.13. The second-order valence-corrected chi connectivity index (χ2v) is 5.15. The van der Waals surface area contributed by atoms with Crippen molar-refractivity contribution in [1.29, 1.82) is 0 Å². The molecule has 0 atom stereocenters. The molecule has 0 heterocycles. The Morgan fingerprint density at radius 1 is 1.23 bits per heavy atom. The summed E-state index contributed by atoms with van der Waals surface area (Å²) in [5.41, 5.74) is 5.72. The van der Waals surface area contributed by atoms with Gasteiger partial charge in [0.2, 0.25) is 0 Å². The molecule has 0 aliphatic carbocycles. The van der Waals surface area contributed by atoms with Crippen LogP contribution in [0.1, 0.15) is 34.1 Å². The third-order valence-electron chi connectivity index (χ3n) is 1.54. The smallest absolute Gasteiger partial charge is 0.153 e. The Hall–Kier alpha value is -0.180. The van der Waals surface area contributed by atoms with Crippen molar-refractivity contribution in [3.05, 3.63) is 0 Å². The van der Waals surface area contributed by atoms with Gasteiger partial charge in [-0.3, -0.25) is 4.99 Å². The molecular weight excluding hydrogens is 180 g/mol. The van der Waals surface area contributed by atoms with Gasteiger partial charge in [-0.1, -0.05) is 39.5 Å². The molecule has 0 saturated heterocycles. The maximum Gasteiger partial charge on any atom is 0.153 e. The Labute approximate surface area is 86.4 Å². The van der Waals surface area contributed by atoms with Crippen molar-refractivity contribution >= 4 is 16.9 Å². The van der Waals surface area contributed by atoms with E-state index in [0.717, 1.165) is 23.9 Å². The lowest BCUT2D eigenvalue weighted by atomic mass is 10.1. The van der Waals surface area contributed by atoms with Crippen LogP contribution in [0.15, 0.2) is 4.99 Å². The van der Waals surface area contributed by atoms with Crippen LogP contribution < -0.4 is 5.73 Å². The number of hydrogen-bond donors (Lipinski definition) is 1. The van der Waals surface area contributed by atoms with E-state index in [2.05, 4.69) is 32.7 Å². The predicted octanol–water partition coefficient (Wildman–Crippen LogP) is 2.74. The number of aliphatic imine (C=N–C) groups is 1. The van der Waals surface area contributed by atoms with E-state index < -0.39 is 0 Å². The zero-order valence-corrected chi connectivity index (χ0v) is 10.0. The topological polar surface area (TPSA) is 38.4 Å². The molecule has 2 nitrogen and oxygen atoms in total. The maximum atomic E-state index is 5.72. The minimum Gasteiger partial charge on any atom is -0.379 e. The zero-order valence-electron chi connectivity index (χ0n) is 9.21. The van der Waals surface area contributed by atoms with Gasteiger partial charge in [0.05, 0.1) is 0 Å². The van der Waals surface area contributed by atoms with Crippen molar-refractivity contribution in [3.63, 3.8) is 0 Å². The minimum atomic E-state index is 0.684. The molecular formula is C10H22N2S. The van der Waals surface area contributed by atoms with Gasteiger partial charge in [-0.25, -0.2) is 0 Å². The van der Waals surface area contributed by atoms with Crippen LogP contribution in [0, 0.1) is 11.8 Å².